The van der Waals surface area contributed by atoms with Gasteiger partial charge in [0.2, 0.25) is 0 Å². The molecular weight excluding hydrogens is 232 g/mol. The number of nitrogens with one attached hydrogen (secondary N) is 1. The van der Waals surface area contributed by atoms with E-state index in [0.29, 0.717) is 11.7 Å². The van der Waals surface area contributed by atoms with Gasteiger partial charge in [-0.2, -0.15) is 0 Å². The van der Waals surface area contributed by atoms with Crippen molar-refractivity contribution in [1.82, 2.24) is 9.97 Å². The van der Waals surface area contributed by atoms with Gasteiger partial charge in [-0.25, -0.2) is 9.97 Å². The van der Waals surface area contributed by atoms with E-state index in [9.17, 15) is 0 Å². The molecule has 92 valence electrons. The summed E-state index contributed by atoms with van der Waals surface area (Å²) in [5.41, 5.74) is 6.04. The van der Waals surface area contributed by atoms with Crippen molar-refractivity contribution in [3.63, 3.8) is 0 Å². The summed E-state index contributed by atoms with van der Waals surface area (Å²) >= 11 is 4.84. The van der Waals surface area contributed by atoms with Crippen LogP contribution >= 0.6 is 12.2 Å². The van der Waals surface area contributed by atoms with Crippen LogP contribution in [0.3, 0.4) is 0 Å². The largest absolute Gasteiger partial charge is 0.388 e. The molecule has 1 heterocycles. The molecule has 0 spiro atoms. The molecule has 0 saturated heterocycles. The Morgan fingerprint density at radius 1 is 1.53 bits per heavy atom. The smallest absolute Gasteiger partial charge is 0.144 e. The number of hydrogen-bond acceptors (Lipinski definition) is 4. The van der Waals surface area contributed by atoms with E-state index in [2.05, 4.69) is 22.2 Å². The Bertz CT molecular complexity index is 386. The Labute approximate surface area is 107 Å². The van der Waals surface area contributed by atoms with Crippen molar-refractivity contribution in [1.29, 1.82) is 0 Å². The molecule has 3 N–H and O–H groups in total. The Kier molecular flexibility index (Phi) is 3.89. The van der Waals surface area contributed by atoms with Crippen LogP contribution in [0.15, 0.2) is 12.4 Å². The molecule has 1 aromatic rings. The second-order valence-electron chi connectivity index (χ2n) is 4.58. The molecule has 4 nitrogen and oxygen atoms in total. The van der Waals surface area contributed by atoms with Crippen LogP contribution in [0, 0.1) is 5.92 Å². The van der Waals surface area contributed by atoms with E-state index in [-0.39, 0.29) is 4.99 Å². The van der Waals surface area contributed by atoms with Crippen LogP contribution in [-0.4, -0.2) is 21.0 Å². The molecule has 1 unspecified atom stereocenters. The van der Waals surface area contributed by atoms with Gasteiger partial charge >= 0.3 is 0 Å². The maximum absolute atomic E-state index is 5.47. The third-order valence-electron chi connectivity index (χ3n) is 3.06. The van der Waals surface area contributed by atoms with Crippen molar-refractivity contribution in [3.8, 4) is 0 Å². The summed E-state index contributed by atoms with van der Waals surface area (Å²) in [6, 6.07) is 0.493. The first-order valence-electron chi connectivity index (χ1n) is 6.07. The van der Waals surface area contributed by atoms with E-state index in [1.165, 1.54) is 19.3 Å². The van der Waals surface area contributed by atoms with Gasteiger partial charge in [0.25, 0.3) is 0 Å². The Morgan fingerprint density at radius 2 is 2.29 bits per heavy atom. The Hall–Kier alpha value is -1.23. The minimum Gasteiger partial charge on any atom is -0.388 e. The van der Waals surface area contributed by atoms with Crippen molar-refractivity contribution < 1.29 is 0 Å². The summed E-state index contributed by atoms with van der Waals surface area (Å²) in [5, 5.41) is 3.41. The number of nitrogens with zero attached hydrogens (tertiary/aromatic N) is 2. The van der Waals surface area contributed by atoms with Gasteiger partial charge < -0.3 is 11.1 Å². The molecule has 2 rings (SSSR count). The summed E-state index contributed by atoms with van der Waals surface area (Å²) in [6.45, 7) is 2.19. The van der Waals surface area contributed by atoms with Crippen molar-refractivity contribution in [2.45, 2.75) is 38.6 Å². The molecule has 5 heteroatoms. The fourth-order valence-corrected chi connectivity index (χ4v) is 1.93. The number of nitrogens with two attached hydrogens (primary N) is 1. The number of thiocarbonyl (C=S) groups is 1. The normalized spacial score (nSPS) is 16.5. The topological polar surface area (TPSA) is 63.8 Å². The van der Waals surface area contributed by atoms with Gasteiger partial charge in [-0.05, 0) is 18.8 Å². The van der Waals surface area contributed by atoms with Crippen molar-refractivity contribution >= 4 is 23.0 Å². The van der Waals surface area contributed by atoms with Crippen LogP contribution in [0.5, 0.6) is 0 Å². The van der Waals surface area contributed by atoms with Gasteiger partial charge in [-0.1, -0.05) is 32.0 Å². The lowest BCUT2D eigenvalue weighted by Crippen LogP contribution is -2.20. The monoisotopic (exact) mass is 250 g/mol. The van der Waals surface area contributed by atoms with Gasteiger partial charge in [0.05, 0.1) is 12.4 Å². The molecule has 17 heavy (non-hydrogen) atoms. The van der Waals surface area contributed by atoms with Gasteiger partial charge in [-0.3, -0.25) is 0 Å². The van der Waals surface area contributed by atoms with Crippen molar-refractivity contribution in [2.24, 2.45) is 11.7 Å². The Balaban J connectivity index is 1.94. The zero-order valence-corrected chi connectivity index (χ0v) is 10.8. The van der Waals surface area contributed by atoms with Crippen LogP contribution in [0.1, 0.15) is 38.3 Å². The molecule has 0 radical (unpaired) electrons. The quantitative estimate of drug-likeness (QED) is 0.757. The number of hydrogen-bond donors (Lipinski definition) is 2. The highest BCUT2D eigenvalue weighted by molar-refractivity contribution is 7.80. The predicted octanol–water partition coefficient (Wildman–Crippen LogP) is 2.10. The number of rotatable bonds is 6. The average molecular weight is 250 g/mol. The first-order chi connectivity index (χ1) is 8.19. The maximum Gasteiger partial charge on any atom is 0.144 e. The molecule has 0 aromatic carbocycles. The van der Waals surface area contributed by atoms with Gasteiger partial charge in [-0.15, -0.1) is 0 Å². The van der Waals surface area contributed by atoms with Crippen LogP contribution in [0.25, 0.3) is 0 Å². The lowest BCUT2D eigenvalue weighted by atomic mass is 10.1. The van der Waals surface area contributed by atoms with Crippen molar-refractivity contribution in [2.75, 3.05) is 5.32 Å². The zero-order valence-electron chi connectivity index (χ0n) is 10.0. The second-order valence-corrected chi connectivity index (χ2v) is 5.02. The maximum atomic E-state index is 5.47. The zero-order chi connectivity index (χ0) is 12.3. The molecule has 1 fully saturated rings. The summed E-state index contributed by atoms with van der Waals surface area (Å²) in [7, 11) is 0. The first-order valence-corrected chi connectivity index (χ1v) is 6.48. The minimum absolute atomic E-state index is 0.286. The predicted molar refractivity (Wildman–Crippen MR) is 73.0 cm³/mol. The summed E-state index contributed by atoms with van der Waals surface area (Å²) in [6.07, 6.45) is 8.41. The van der Waals surface area contributed by atoms with E-state index in [4.69, 9.17) is 18.0 Å². The van der Waals surface area contributed by atoms with Gasteiger partial charge in [0.1, 0.15) is 16.5 Å². The van der Waals surface area contributed by atoms with Gasteiger partial charge in [0, 0.05) is 6.04 Å². The number of aromatic nitrogens is 2. The molecular formula is C12H18N4S. The molecule has 0 amide bonds. The fraction of sp³-hybridized carbons (Fsp3) is 0.583. The summed E-state index contributed by atoms with van der Waals surface area (Å²) < 4.78 is 0. The van der Waals surface area contributed by atoms with Crippen LogP contribution in [0.4, 0.5) is 5.82 Å². The van der Waals surface area contributed by atoms with Crippen LogP contribution < -0.4 is 11.1 Å². The summed E-state index contributed by atoms with van der Waals surface area (Å²) in [4.78, 5) is 8.73. The minimum atomic E-state index is 0.286. The molecule has 1 saturated carbocycles. The molecule has 0 aliphatic heterocycles. The highest BCUT2D eigenvalue weighted by atomic mass is 32.1. The summed E-state index contributed by atoms with van der Waals surface area (Å²) in [5.74, 6) is 1.72. The second kappa shape index (κ2) is 5.40. The Morgan fingerprint density at radius 3 is 2.76 bits per heavy atom. The molecule has 1 aromatic heterocycles. The fourth-order valence-electron chi connectivity index (χ4n) is 1.82. The van der Waals surface area contributed by atoms with E-state index >= 15 is 0 Å². The van der Waals surface area contributed by atoms with Crippen LogP contribution in [0.2, 0.25) is 0 Å². The van der Waals surface area contributed by atoms with Crippen LogP contribution in [-0.2, 0) is 0 Å². The van der Waals surface area contributed by atoms with E-state index < -0.39 is 0 Å². The molecule has 0 bridgehead atoms. The third kappa shape index (κ3) is 3.63. The lowest BCUT2D eigenvalue weighted by Gasteiger charge is -2.16. The lowest BCUT2D eigenvalue weighted by molar-refractivity contribution is 0.585. The SMILES string of the molecule is CCC(CC1CC1)Nc1cnc(C(N)=S)cn1. The van der Waals surface area contributed by atoms with Crippen molar-refractivity contribution in [3.05, 3.63) is 18.1 Å². The first kappa shape index (κ1) is 12.2. The highest BCUT2D eigenvalue weighted by Crippen LogP contribution is 2.34. The molecule has 1 atom stereocenters. The average Bonchev–Trinajstić information content (AvgIpc) is 3.13. The van der Waals surface area contributed by atoms with E-state index in [1.807, 2.05) is 0 Å². The highest BCUT2D eigenvalue weighted by Gasteiger charge is 2.24. The van der Waals surface area contributed by atoms with E-state index in [1.54, 1.807) is 12.4 Å². The standard InChI is InChI=1S/C12H18N4S/c1-2-9(5-8-3-4-8)16-11-7-14-10(6-15-11)12(13)17/h6-9H,2-5H2,1H3,(H2,13,17)(H,15,16). The van der Waals surface area contributed by atoms with Gasteiger partial charge in [0.15, 0.2) is 0 Å². The molecule has 1 aliphatic rings. The molecule has 1 aliphatic carbocycles. The van der Waals surface area contributed by atoms with E-state index in [0.717, 1.165) is 18.2 Å². The number of anilines is 1. The third-order valence-corrected chi connectivity index (χ3v) is 3.27.